The van der Waals surface area contributed by atoms with Gasteiger partial charge in [0.25, 0.3) is 5.56 Å². The van der Waals surface area contributed by atoms with Crippen LogP contribution >= 0.6 is 0 Å². The molecule has 0 atom stereocenters. The summed E-state index contributed by atoms with van der Waals surface area (Å²) in [5, 5.41) is 2.90. The quantitative estimate of drug-likeness (QED) is 0.771. The van der Waals surface area contributed by atoms with Crippen molar-refractivity contribution in [3.8, 4) is 0 Å². The van der Waals surface area contributed by atoms with Crippen molar-refractivity contribution in [1.82, 2.24) is 19.5 Å². The van der Waals surface area contributed by atoms with E-state index in [1.54, 1.807) is 11.6 Å². The van der Waals surface area contributed by atoms with Gasteiger partial charge in [-0.05, 0) is 6.42 Å². The van der Waals surface area contributed by atoms with E-state index in [9.17, 15) is 4.79 Å². The number of aromatic amines is 1. The molecule has 0 aliphatic heterocycles. The van der Waals surface area contributed by atoms with E-state index in [2.05, 4.69) is 20.3 Å². The molecule has 2 N–H and O–H groups in total. The molecule has 0 saturated carbocycles. The van der Waals surface area contributed by atoms with Crippen molar-refractivity contribution in [2.75, 3.05) is 12.4 Å². The van der Waals surface area contributed by atoms with Crippen LogP contribution in [-0.4, -0.2) is 26.6 Å². The van der Waals surface area contributed by atoms with Gasteiger partial charge >= 0.3 is 0 Å². The molecule has 0 fully saturated rings. The van der Waals surface area contributed by atoms with E-state index in [1.807, 2.05) is 6.92 Å². The van der Waals surface area contributed by atoms with E-state index in [0.717, 1.165) is 6.42 Å². The van der Waals surface area contributed by atoms with Gasteiger partial charge in [0.05, 0.1) is 6.33 Å². The van der Waals surface area contributed by atoms with Gasteiger partial charge in [-0.3, -0.25) is 9.36 Å². The Labute approximate surface area is 86.4 Å². The Morgan fingerprint density at radius 3 is 3.07 bits per heavy atom. The van der Waals surface area contributed by atoms with Crippen molar-refractivity contribution >= 4 is 17.1 Å². The van der Waals surface area contributed by atoms with Crippen molar-refractivity contribution in [1.29, 1.82) is 0 Å². The highest BCUT2D eigenvalue weighted by atomic mass is 16.1. The van der Waals surface area contributed by atoms with Crippen LogP contribution in [0.1, 0.15) is 13.3 Å². The topological polar surface area (TPSA) is 75.6 Å². The molecule has 2 aromatic rings. The van der Waals surface area contributed by atoms with E-state index in [-0.39, 0.29) is 5.56 Å². The molecule has 0 amide bonds. The summed E-state index contributed by atoms with van der Waals surface area (Å²) in [6, 6.07) is 0. The van der Waals surface area contributed by atoms with Crippen molar-refractivity contribution in [2.45, 2.75) is 19.9 Å². The zero-order valence-corrected chi connectivity index (χ0v) is 8.74. The first-order valence-electron chi connectivity index (χ1n) is 4.89. The van der Waals surface area contributed by atoms with Gasteiger partial charge in [0.2, 0.25) is 5.95 Å². The first-order valence-corrected chi connectivity index (χ1v) is 4.89. The fraction of sp³-hybridized carbons (Fsp3) is 0.444. The summed E-state index contributed by atoms with van der Waals surface area (Å²) in [4.78, 5) is 23.0. The van der Waals surface area contributed by atoms with E-state index < -0.39 is 0 Å². The number of H-pyrrole nitrogens is 1. The van der Waals surface area contributed by atoms with E-state index in [0.29, 0.717) is 23.7 Å². The number of aromatic nitrogens is 4. The SMILES string of the molecule is CCCn1c(NC)nc2nc[nH]c2c1=O. The molecular weight excluding hydrogens is 194 g/mol. The van der Waals surface area contributed by atoms with Crippen LogP contribution in [0.15, 0.2) is 11.1 Å². The molecular formula is C9H13N5O. The van der Waals surface area contributed by atoms with Gasteiger partial charge < -0.3 is 10.3 Å². The molecule has 80 valence electrons. The third kappa shape index (κ3) is 1.47. The van der Waals surface area contributed by atoms with Crippen LogP contribution in [0.3, 0.4) is 0 Å². The molecule has 0 bridgehead atoms. The van der Waals surface area contributed by atoms with Crippen LogP contribution in [0, 0.1) is 0 Å². The Bertz CT molecular complexity index is 527. The van der Waals surface area contributed by atoms with Gasteiger partial charge in [-0.15, -0.1) is 0 Å². The van der Waals surface area contributed by atoms with Gasteiger partial charge in [-0.1, -0.05) is 6.92 Å². The van der Waals surface area contributed by atoms with E-state index in [4.69, 9.17) is 0 Å². The van der Waals surface area contributed by atoms with Gasteiger partial charge in [-0.2, -0.15) is 4.98 Å². The van der Waals surface area contributed by atoms with E-state index >= 15 is 0 Å². The van der Waals surface area contributed by atoms with Gasteiger partial charge in [0.1, 0.15) is 0 Å². The third-order valence-electron chi connectivity index (χ3n) is 2.22. The Balaban J connectivity index is 2.74. The number of imidazole rings is 1. The van der Waals surface area contributed by atoms with Crippen LogP contribution in [0.4, 0.5) is 5.95 Å². The molecule has 0 radical (unpaired) electrons. The van der Waals surface area contributed by atoms with Gasteiger partial charge in [0, 0.05) is 13.6 Å². The maximum atomic E-state index is 12.0. The average molecular weight is 207 g/mol. The molecule has 0 unspecified atom stereocenters. The predicted octanol–water partition coefficient (Wildman–Crippen LogP) is 0.571. The number of anilines is 1. The second kappa shape index (κ2) is 3.72. The van der Waals surface area contributed by atoms with Crippen molar-refractivity contribution in [3.05, 3.63) is 16.7 Å². The Hall–Kier alpha value is -1.85. The van der Waals surface area contributed by atoms with Crippen molar-refractivity contribution in [3.63, 3.8) is 0 Å². The molecule has 2 heterocycles. The molecule has 0 aromatic carbocycles. The minimum atomic E-state index is -0.0799. The lowest BCUT2D eigenvalue weighted by Gasteiger charge is -2.09. The summed E-state index contributed by atoms with van der Waals surface area (Å²) in [7, 11) is 1.74. The summed E-state index contributed by atoms with van der Waals surface area (Å²) >= 11 is 0. The smallest absolute Gasteiger partial charge is 0.280 e. The predicted molar refractivity (Wildman–Crippen MR) is 58.0 cm³/mol. The number of rotatable bonds is 3. The zero-order valence-electron chi connectivity index (χ0n) is 8.74. The first-order chi connectivity index (χ1) is 7.27. The lowest BCUT2D eigenvalue weighted by molar-refractivity contribution is 0.655. The second-order valence-corrected chi connectivity index (χ2v) is 3.24. The molecule has 6 heteroatoms. The standard InChI is InChI=1S/C9H13N5O/c1-3-4-14-8(15)6-7(12-5-11-6)13-9(14)10-2/h5H,3-4H2,1-2H3,(H,10,13)(H,11,12). The summed E-state index contributed by atoms with van der Waals surface area (Å²) < 4.78 is 1.61. The summed E-state index contributed by atoms with van der Waals surface area (Å²) in [5.74, 6) is 0.557. The number of hydrogen-bond acceptors (Lipinski definition) is 4. The minimum Gasteiger partial charge on any atom is -0.359 e. The van der Waals surface area contributed by atoms with Crippen LogP contribution in [-0.2, 0) is 6.54 Å². The van der Waals surface area contributed by atoms with Gasteiger partial charge in [0.15, 0.2) is 11.2 Å². The maximum absolute atomic E-state index is 12.0. The fourth-order valence-corrected chi connectivity index (χ4v) is 1.54. The zero-order chi connectivity index (χ0) is 10.8. The number of nitrogens with one attached hydrogen (secondary N) is 2. The lowest BCUT2D eigenvalue weighted by Crippen LogP contribution is -2.24. The molecule has 15 heavy (non-hydrogen) atoms. The summed E-state index contributed by atoms with van der Waals surface area (Å²) in [6.07, 6.45) is 2.37. The van der Waals surface area contributed by atoms with Crippen molar-refractivity contribution < 1.29 is 0 Å². The second-order valence-electron chi connectivity index (χ2n) is 3.24. The molecule has 2 rings (SSSR count). The molecule has 2 aromatic heterocycles. The highest BCUT2D eigenvalue weighted by Crippen LogP contribution is 2.06. The summed E-state index contributed by atoms with van der Waals surface area (Å²) in [5.41, 5.74) is 0.836. The monoisotopic (exact) mass is 207 g/mol. The number of fused-ring (bicyclic) bond motifs is 1. The molecule has 0 aliphatic carbocycles. The van der Waals surface area contributed by atoms with Crippen LogP contribution in [0.5, 0.6) is 0 Å². The Morgan fingerprint density at radius 1 is 1.60 bits per heavy atom. The fourth-order valence-electron chi connectivity index (χ4n) is 1.54. The molecule has 0 saturated heterocycles. The molecule has 0 aliphatic rings. The Morgan fingerprint density at radius 2 is 2.40 bits per heavy atom. The first kappa shape index (κ1) is 9.70. The van der Waals surface area contributed by atoms with E-state index in [1.165, 1.54) is 6.33 Å². The number of nitrogens with zero attached hydrogens (tertiary/aromatic N) is 3. The Kier molecular flexibility index (Phi) is 2.40. The van der Waals surface area contributed by atoms with Crippen LogP contribution < -0.4 is 10.9 Å². The molecule has 6 nitrogen and oxygen atoms in total. The van der Waals surface area contributed by atoms with Crippen LogP contribution in [0.2, 0.25) is 0 Å². The highest BCUT2D eigenvalue weighted by Gasteiger charge is 2.10. The van der Waals surface area contributed by atoms with Crippen LogP contribution in [0.25, 0.3) is 11.2 Å². The largest absolute Gasteiger partial charge is 0.359 e. The molecule has 0 spiro atoms. The average Bonchev–Trinajstić information content (AvgIpc) is 2.70. The summed E-state index contributed by atoms with van der Waals surface area (Å²) in [6.45, 7) is 2.67. The third-order valence-corrected chi connectivity index (χ3v) is 2.22. The normalized spacial score (nSPS) is 10.8. The lowest BCUT2D eigenvalue weighted by atomic mass is 10.4. The number of hydrogen-bond donors (Lipinski definition) is 2. The van der Waals surface area contributed by atoms with Gasteiger partial charge in [-0.25, -0.2) is 4.98 Å². The maximum Gasteiger partial charge on any atom is 0.280 e. The highest BCUT2D eigenvalue weighted by molar-refractivity contribution is 5.69. The van der Waals surface area contributed by atoms with Crippen molar-refractivity contribution in [2.24, 2.45) is 0 Å². The minimum absolute atomic E-state index is 0.0799.